The minimum Gasteiger partial charge on any atom is -0.545 e. The summed E-state index contributed by atoms with van der Waals surface area (Å²) in [6.07, 6.45) is 1.44. The van der Waals surface area contributed by atoms with E-state index in [0.29, 0.717) is 28.3 Å². The summed E-state index contributed by atoms with van der Waals surface area (Å²) in [5.74, 6) is -0.335. The van der Waals surface area contributed by atoms with Gasteiger partial charge in [0.05, 0.1) is 22.8 Å². The number of nitrogens with zero attached hydrogens (tertiary/aromatic N) is 2. The Morgan fingerprint density at radius 1 is 1.15 bits per heavy atom. The molecule has 26 heavy (non-hydrogen) atoms. The quantitative estimate of drug-likeness (QED) is 0.399. The summed E-state index contributed by atoms with van der Waals surface area (Å²) in [6.45, 7) is 1.69. The number of hydrogen-bond donors (Lipinski definition) is 0. The van der Waals surface area contributed by atoms with Gasteiger partial charge in [-0.15, -0.1) is 0 Å². The van der Waals surface area contributed by atoms with E-state index in [1.807, 2.05) is 0 Å². The Bertz CT molecular complexity index is 1020. The van der Waals surface area contributed by atoms with Gasteiger partial charge in [0.25, 0.3) is 5.69 Å². The van der Waals surface area contributed by atoms with Gasteiger partial charge in [-0.2, -0.15) is 0 Å². The summed E-state index contributed by atoms with van der Waals surface area (Å²) < 4.78 is 5.65. The second-order valence-corrected chi connectivity index (χ2v) is 5.55. The molecule has 0 unspecified atom stereocenters. The number of nitro groups is 1. The van der Waals surface area contributed by atoms with E-state index in [2.05, 4.69) is 4.99 Å². The predicted octanol–water partition coefficient (Wildman–Crippen LogP) is 3.28. The van der Waals surface area contributed by atoms with Crippen LogP contribution in [0.2, 0.25) is 0 Å². The third kappa shape index (κ3) is 3.67. The van der Waals surface area contributed by atoms with E-state index in [-0.39, 0.29) is 11.3 Å². The minimum atomic E-state index is -1.25. The molecule has 0 N–H and O–H groups in total. The molecule has 0 fully saturated rings. The second kappa shape index (κ2) is 7.02. The first-order valence-corrected chi connectivity index (χ1v) is 7.65. The zero-order valence-corrected chi connectivity index (χ0v) is 13.7. The van der Waals surface area contributed by atoms with Crippen LogP contribution in [0, 0.1) is 17.0 Å². The van der Waals surface area contributed by atoms with Crippen molar-refractivity contribution in [2.75, 3.05) is 0 Å². The highest BCUT2D eigenvalue weighted by Gasteiger charge is 2.08. The number of carbonyl (C=O) groups is 1. The van der Waals surface area contributed by atoms with Crippen LogP contribution in [-0.4, -0.2) is 17.1 Å². The number of nitro benzene ring substituents is 1. The van der Waals surface area contributed by atoms with Crippen LogP contribution >= 0.6 is 0 Å². The average Bonchev–Trinajstić information content (AvgIpc) is 3.09. The summed E-state index contributed by atoms with van der Waals surface area (Å²) in [4.78, 5) is 25.6. The minimum absolute atomic E-state index is 0.0470. The fourth-order valence-corrected chi connectivity index (χ4v) is 2.40. The number of hydrogen-bond acceptors (Lipinski definition) is 6. The number of furan rings is 1. The Hall–Kier alpha value is -3.74. The molecule has 7 heteroatoms. The van der Waals surface area contributed by atoms with Gasteiger partial charge >= 0.3 is 0 Å². The molecule has 0 aliphatic rings. The molecule has 3 aromatic rings. The number of non-ortho nitro benzene ring substituents is 1. The number of aromatic carboxylic acids is 1. The van der Waals surface area contributed by atoms with Crippen LogP contribution in [-0.2, 0) is 0 Å². The summed E-state index contributed by atoms with van der Waals surface area (Å²) in [5, 5.41) is 21.9. The molecule has 0 radical (unpaired) electrons. The molecule has 0 spiro atoms. The molecule has 2 aromatic carbocycles. The lowest BCUT2D eigenvalue weighted by Crippen LogP contribution is -2.23. The van der Waals surface area contributed by atoms with E-state index < -0.39 is 10.9 Å². The predicted molar refractivity (Wildman–Crippen MR) is 93.6 cm³/mol. The van der Waals surface area contributed by atoms with Crippen LogP contribution in [0.1, 0.15) is 21.7 Å². The van der Waals surface area contributed by atoms with E-state index in [1.54, 1.807) is 43.3 Å². The van der Waals surface area contributed by atoms with Crippen LogP contribution in [0.5, 0.6) is 0 Å². The standard InChI is InChI=1S/C19H14N2O5/c1-12-5-6-13(9-17(12)19(22)23)18-8-7-16(26-18)11-20-14-3-2-4-15(10-14)21(24)25/h2-11H,1H3,(H,22,23)/p-1. The van der Waals surface area contributed by atoms with Gasteiger partial charge in [-0.05, 0) is 36.8 Å². The van der Waals surface area contributed by atoms with Crippen molar-refractivity contribution in [3.63, 3.8) is 0 Å². The smallest absolute Gasteiger partial charge is 0.271 e. The summed E-state index contributed by atoms with van der Waals surface area (Å²) in [5.41, 5.74) is 1.68. The molecule has 0 saturated carbocycles. The van der Waals surface area contributed by atoms with Gasteiger partial charge < -0.3 is 14.3 Å². The van der Waals surface area contributed by atoms with Crippen molar-refractivity contribution in [3.05, 3.63) is 81.6 Å². The van der Waals surface area contributed by atoms with E-state index in [4.69, 9.17) is 4.42 Å². The third-order valence-corrected chi connectivity index (χ3v) is 3.75. The first-order chi connectivity index (χ1) is 12.4. The molecular formula is C19H13N2O5-. The summed E-state index contributed by atoms with van der Waals surface area (Å²) in [6, 6.07) is 14.2. The Kier molecular flexibility index (Phi) is 4.62. The summed E-state index contributed by atoms with van der Waals surface area (Å²) >= 11 is 0. The molecule has 1 aromatic heterocycles. The molecule has 7 nitrogen and oxygen atoms in total. The lowest BCUT2D eigenvalue weighted by molar-refractivity contribution is -0.384. The van der Waals surface area contributed by atoms with Gasteiger partial charge in [0.15, 0.2) is 0 Å². The van der Waals surface area contributed by atoms with Crippen LogP contribution in [0.15, 0.2) is 64.0 Å². The van der Waals surface area contributed by atoms with Crippen molar-refractivity contribution in [2.45, 2.75) is 6.92 Å². The fraction of sp³-hybridized carbons (Fsp3) is 0.0526. The van der Waals surface area contributed by atoms with E-state index >= 15 is 0 Å². The lowest BCUT2D eigenvalue weighted by Gasteiger charge is -2.08. The molecular weight excluding hydrogens is 336 g/mol. The Morgan fingerprint density at radius 3 is 2.69 bits per heavy atom. The maximum absolute atomic E-state index is 11.1. The SMILES string of the molecule is Cc1ccc(-c2ccc(C=Nc3cccc([N+](=O)[O-])c3)o2)cc1C(=O)[O-]. The fourth-order valence-electron chi connectivity index (χ4n) is 2.40. The van der Waals surface area contributed by atoms with Crippen molar-refractivity contribution in [3.8, 4) is 11.3 Å². The first-order valence-electron chi connectivity index (χ1n) is 7.65. The van der Waals surface area contributed by atoms with Gasteiger partial charge in [-0.3, -0.25) is 15.1 Å². The van der Waals surface area contributed by atoms with Crippen molar-refractivity contribution >= 4 is 23.6 Å². The highest BCUT2D eigenvalue weighted by molar-refractivity contribution is 5.89. The van der Waals surface area contributed by atoms with Crippen LogP contribution in [0.25, 0.3) is 11.3 Å². The zero-order chi connectivity index (χ0) is 18.7. The van der Waals surface area contributed by atoms with Gasteiger partial charge in [0.1, 0.15) is 11.5 Å². The lowest BCUT2D eigenvalue weighted by atomic mass is 10.0. The van der Waals surface area contributed by atoms with Gasteiger partial charge in [-0.1, -0.05) is 18.2 Å². The molecule has 130 valence electrons. The normalized spacial score (nSPS) is 11.0. The maximum atomic E-state index is 11.1. The number of benzene rings is 2. The Balaban J connectivity index is 1.84. The number of carboxylic acids is 1. The van der Waals surface area contributed by atoms with Crippen molar-refractivity contribution in [1.82, 2.24) is 0 Å². The number of rotatable bonds is 5. The van der Waals surface area contributed by atoms with Crippen molar-refractivity contribution in [1.29, 1.82) is 0 Å². The average molecular weight is 349 g/mol. The largest absolute Gasteiger partial charge is 0.545 e. The molecule has 0 aliphatic heterocycles. The molecule has 0 atom stereocenters. The van der Waals surface area contributed by atoms with Gasteiger partial charge in [0.2, 0.25) is 0 Å². The molecule has 0 bridgehead atoms. The zero-order valence-electron chi connectivity index (χ0n) is 13.7. The summed E-state index contributed by atoms with van der Waals surface area (Å²) in [7, 11) is 0. The van der Waals surface area contributed by atoms with Crippen molar-refractivity contribution < 1.29 is 19.2 Å². The topological polar surface area (TPSA) is 109 Å². The second-order valence-electron chi connectivity index (χ2n) is 5.55. The van der Waals surface area contributed by atoms with Gasteiger partial charge in [0, 0.05) is 23.3 Å². The van der Waals surface area contributed by atoms with E-state index in [1.165, 1.54) is 24.4 Å². The van der Waals surface area contributed by atoms with E-state index in [0.717, 1.165) is 0 Å². The molecule has 0 saturated heterocycles. The maximum Gasteiger partial charge on any atom is 0.271 e. The van der Waals surface area contributed by atoms with Crippen molar-refractivity contribution in [2.24, 2.45) is 4.99 Å². The Labute approximate surface area is 148 Å². The molecule has 0 aliphatic carbocycles. The third-order valence-electron chi connectivity index (χ3n) is 3.75. The first kappa shape index (κ1) is 17.1. The van der Waals surface area contributed by atoms with Gasteiger partial charge in [-0.25, -0.2) is 0 Å². The number of aliphatic imine (C=N–C) groups is 1. The number of aryl methyl sites for hydroxylation is 1. The van der Waals surface area contributed by atoms with Crippen LogP contribution < -0.4 is 5.11 Å². The molecule has 0 amide bonds. The van der Waals surface area contributed by atoms with E-state index in [9.17, 15) is 20.0 Å². The van der Waals surface area contributed by atoms with Crippen LogP contribution in [0.3, 0.4) is 0 Å². The molecule has 1 heterocycles. The number of carbonyl (C=O) groups excluding carboxylic acids is 1. The molecule has 3 rings (SSSR count). The highest BCUT2D eigenvalue weighted by Crippen LogP contribution is 2.25. The monoisotopic (exact) mass is 349 g/mol. The van der Waals surface area contributed by atoms with Crippen LogP contribution in [0.4, 0.5) is 11.4 Å². The Morgan fingerprint density at radius 2 is 1.96 bits per heavy atom. The number of carboxylic acid groups (broad SMARTS) is 1. The highest BCUT2D eigenvalue weighted by atomic mass is 16.6.